The summed E-state index contributed by atoms with van der Waals surface area (Å²) < 4.78 is 15.5. The Balaban J connectivity index is 0. The lowest BCUT2D eigenvalue weighted by molar-refractivity contribution is 0.123. The summed E-state index contributed by atoms with van der Waals surface area (Å²) in [5, 5.41) is 6.50. The van der Waals surface area contributed by atoms with E-state index < -0.39 is 8.80 Å². The first kappa shape index (κ1) is 16.2. The third-order valence-electron chi connectivity index (χ3n) is 1.49. The van der Waals surface area contributed by atoms with Crippen molar-refractivity contribution in [1.29, 1.82) is 5.41 Å². The normalized spacial score (nSPS) is 10.4. The Morgan fingerprint density at radius 3 is 1.43 bits per heavy atom. The van der Waals surface area contributed by atoms with E-state index in [-0.39, 0.29) is 0 Å². The second-order valence-corrected chi connectivity index (χ2v) is 6.14. The SMILES string of the molecule is CC(C)=N.CCC[Si](OC)(OC)OC. The van der Waals surface area contributed by atoms with Crippen molar-refractivity contribution in [2.45, 2.75) is 33.2 Å². The number of rotatable bonds is 5. The van der Waals surface area contributed by atoms with Gasteiger partial charge >= 0.3 is 8.80 Å². The van der Waals surface area contributed by atoms with Gasteiger partial charge in [0, 0.05) is 33.1 Å². The molecule has 0 heterocycles. The van der Waals surface area contributed by atoms with Crippen molar-refractivity contribution >= 4 is 14.5 Å². The van der Waals surface area contributed by atoms with E-state index >= 15 is 0 Å². The average Bonchev–Trinajstić information content (AvgIpc) is 2.14. The molecule has 0 rings (SSSR count). The van der Waals surface area contributed by atoms with E-state index in [2.05, 4.69) is 6.92 Å². The molecule has 0 amide bonds. The highest BCUT2D eigenvalue weighted by atomic mass is 28.4. The summed E-state index contributed by atoms with van der Waals surface area (Å²) in [6.45, 7) is 5.58. The van der Waals surface area contributed by atoms with Crippen LogP contribution in [-0.2, 0) is 13.3 Å². The zero-order chi connectivity index (χ0) is 11.6. The van der Waals surface area contributed by atoms with Gasteiger partial charge in [0.05, 0.1) is 0 Å². The summed E-state index contributed by atoms with van der Waals surface area (Å²) in [5.74, 6) is 0. The Morgan fingerprint density at radius 2 is 1.36 bits per heavy atom. The monoisotopic (exact) mass is 221 g/mol. The minimum absolute atomic E-state index is 0.667. The zero-order valence-electron chi connectivity index (χ0n) is 10.1. The molecule has 4 nitrogen and oxygen atoms in total. The van der Waals surface area contributed by atoms with E-state index in [4.69, 9.17) is 18.7 Å². The molecule has 0 radical (unpaired) electrons. The van der Waals surface area contributed by atoms with Gasteiger partial charge in [0.1, 0.15) is 0 Å². The molecule has 0 atom stereocenters. The van der Waals surface area contributed by atoms with Crippen LogP contribution in [0.5, 0.6) is 0 Å². The highest BCUT2D eigenvalue weighted by molar-refractivity contribution is 6.60. The van der Waals surface area contributed by atoms with Gasteiger partial charge in [-0.3, -0.25) is 0 Å². The van der Waals surface area contributed by atoms with Crippen LogP contribution >= 0.6 is 0 Å². The van der Waals surface area contributed by atoms with Crippen molar-refractivity contribution in [3.05, 3.63) is 0 Å². The molecule has 0 unspecified atom stereocenters. The fourth-order valence-electron chi connectivity index (χ4n) is 0.862. The molecule has 14 heavy (non-hydrogen) atoms. The average molecular weight is 221 g/mol. The fourth-order valence-corrected chi connectivity index (χ4v) is 2.59. The lowest BCUT2D eigenvalue weighted by Gasteiger charge is -2.23. The van der Waals surface area contributed by atoms with E-state index in [1.807, 2.05) is 0 Å². The first-order chi connectivity index (χ1) is 6.47. The van der Waals surface area contributed by atoms with Crippen LogP contribution in [0.15, 0.2) is 0 Å². The van der Waals surface area contributed by atoms with Crippen molar-refractivity contribution in [1.82, 2.24) is 0 Å². The van der Waals surface area contributed by atoms with E-state index in [0.29, 0.717) is 5.71 Å². The third kappa shape index (κ3) is 8.37. The fraction of sp³-hybridized carbons (Fsp3) is 0.889. The maximum Gasteiger partial charge on any atom is 0.500 e. The van der Waals surface area contributed by atoms with Crippen molar-refractivity contribution < 1.29 is 13.3 Å². The summed E-state index contributed by atoms with van der Waals surface area (Å²) in [6.07, 6.45) is 1.03. The lowest BCUT2D eigenvalue weighted by atomic mass is 10.5. The minimum Gasteiger partial charge on any atom is -0.377 e. The van der Waals surface area contributed by atoms with Gasteiger partial charge in [-0.25, -0.2) is 0 Å². The van der Waals surface area contributed by atoms with E-state index in [0.717, 1.165) is 12.5 Å². The number of hydrogen-bond acceptors (Lipinski definition) is 4. The van der Waals surface area contributed by atoms with Crippen LogP contribution in [0.4, 0.5) is 0 Å². The Hall–Kier alpha value is -0.233. The molecule has 0 aromatic rings. The molecular weight excluding hydrogens is 198 g/mol. The van der Waals surface area contributed by atoms with Gasteiger partial charge in [0.2, 0.25) is 0 Å². The van der Waals surface area contributed by atoms with Crippen LogP contribution in [0.3, 0.4) is 0 Å². The molecule has 0 aromatic carbocycles. The summed E-state index contributed by atoms with van der Waals surface area (Å²) in [7, 11) is 2.68. The molecule has 5 heteroatoms. The quantitative estimate of drug-likeness (QED) is 0.572. The molecule has 0 aliphatic carbocycles. The molecule has 0 bridgehead atoms. The number of hydrogen-bond donors (Lipinski definition) is 1. The Kier molecular flexibility index (Phi) is 10.8. The van der Waals surface area contributed by atoms with Gasteiger partial charge in [-0.05, 0) is 13.8 Å². The van der Waals surface area contributed by atoms with Gasteiger partial charge in [0.15, 0.2) is 0 Å². The van der Waals surface area contributed by atoms with Gasteiger partial charge in [0.25, 0.3) is 0 Å². The molecule has 1 N–H and O–H groups in total. The van der Waals surface area contributed by atoms with Crippen LogP contribution in [0, 0.1) is 5.41 Å². The smallest absolute Gasteiger partial charge is 0.377 e. The Bertz CT molecular complexity index is 137. The molecule has 0 saturated carbocycles. The highest BCUT2D eigenvalue weighted by Gasteiger charge is 2.36. The van der Waals surface area contributed by atoms with Crippen LogP contribution < -0.4 is 0 Å². The predicted octanol–water partition coefficient (Wildman–Crippen LogP) is 2.32. The first-order valence-electron chi connectivity index (χ1n) is 4.65. The van der Waals surface area contributed by atoms with E-state index in [1.54, 1.807) is 35.2 Å². The Morgan fingerprint density at radius 1 is 1.07 bits per heavy atom. The molecular formula is C9H23NO3Si. The van der Waals surface area contributed by atoms with E-state index in [1.165, 1.54) is 0 Å². The van der Waals surface area contributed by atoms with Crippen molar-refractivity contribution in [2.75, 3.05) is 21.3 Å². The van der Waals surface area contributed by atoms with Crippen molar-refractivity contribution in [3.8, 4) is 0 Å². The van der Waals surface area contributed by atoms with Crippen LogP contribution in [0.1, 0.15) is 27.2 Å². The molecule has 0 spiro atoms. The maximum absolute atomic E-state index is 6.50. The van der Waals surface area contributed by atoms with Gasteiger partial charge in [-0.2, -0.15) is 0 Å². The second-order valence-electron chi connectivity index (χ2n) is 3.05. The number of nitrogens with one attached hydrogen (secondary N) is 1. The Labute approximate surface area is 88.4 Å². The predicted molar refractivity (Wildman–Crippen MR) is 61.0 cm³/mol. The molecule has 0 aliphatic heterocycles. The largest absolute Gasteiger partial charge is 0.500 e. The molecule has 0 fully saturated rings. The topological polar surface area (TPSA) is 51.5 Å². The second kappa shape index (κ2) is 9.33. The first-order valence-corrected chi connectivity index (χ1v) is 6.58. The summed E-state index contributed by atoms with van der Waals surface area (Å²) in [5.41, 5.74) is 0.667. The van der Waals surface area contributed by atoms with Gasteiger partial charge in [-0.1, -0.05) is 13.3 Å². The van der Waals surface area contributed by atoms with Crippen LogP contribution in [0.2, 0.25) is 6.04 Å². The van der Waals surface area contributed by atoms with Crippen molar-refractivity contribution in [2.24, 2.45) is 0 Å². The summed E-state index contributed by atoms with van der Waals surface area (Å²) in [6, 6.07) is 0.885. The standard InChI is InChI=1S/C6H16O3Si.C3H7N/c1-5-6-10(7-2,8-3)9-4;1-3(2)4/h5-6H2,1-4H3;4H,1-2H3. The molecule has 0 saturated heterocycles. The molecule has 86 valence electrons. The van der Waals surface area contributed by atoms with E-state index in [9.17, 15) is 0 Å². The lowest BCUT2D eigenvalue weighted by Crippen LogP contribution is -2.42. The van der Waals surface area contributed by atoms with Crippen LogP contribution in [0.25, 0.3) is 0 Å². The summed E-state index contributed by atoms with van der Waals surface area (Å²) >= 11 is 0. The summed E-state index contributed by atoms with van der Waals surface area (Å²) in [4.78, 5) is 0. The molecule has 0 aromatic heterocycles. The minimum atomic E-state index is -2.22. The van der Waals surface area contributed by atoms with Gasteiger partial charge in [-0.15, -0.1) is 0 Å². The van der Waals surface area contributed by atoms with Crippen molar-refractivity contribution in [3.63, 3.8) is 0 Å². The highest BCUT2D eigenvalue weighted by Crippen LogP contribution is 2.13. The van der Waals surface area contributed by atoms with Crippen LogP contribution in [-0.4, -0.2) is 35.8 Å². The molecule has 0 aliphatic rings. The zero-order valence-corrected chi connectivity index (χ0v) is 11.1. The van der Waals surface area contributed by atoms with Gasteiger partial charge < -0.3 is 18.7 Å². The maximum atomic E-state index is 6.50. The third-order valence-corrected chi connectivity index (χ3v) is 4.47.